The molecule has 0 aliphatic heterocycles. The molecule has 0 rings (SSSR count). The zero-order valence-electron chi connectivity index (χ0n) is 3.51. The van der Waals surface area contributed by atoms with Crippen molar-refractivity contribution in [3.63, 3.8) is 0 Å². The van der Waals surface area contributed by atoms with E-state index in [1.165, 1.54) is 0 Å². The zero-order chi connectivity index (χ0) is 6.41. The van der Waals surface area contributed by atoms with Gasteiger partial charge < -0.3 is 0 Å². The van der Waals surface area contributed by atoms with Crippen LogP contribution in [-0.4, -0.2) is 38.5 Å². The molecule has 2 radical (unpaired) electrons. The Morgan fingerprint density at radius 1 is 1.12 bits per heavy atom. The van der Waals surface area contributed by atoms with E-state index in [4.69, 9.17) is 0 Å². The number of urea groups is 1. The van der Waals surface area contributed by atoms with Crippen LogP contribution in [0.25, 0.3) is 0 Å². The zero-order valence-corrected chi connectivity index (χ0v) is 6.94. The minimum atomic E-state index is -0.734. The SMILES string of the molecule is O=C(/N=N/[Se])/N=N/[Se]. The fourth-order valence-electron chi connectivity index (χ4n) is 0.0898. The molecule has 0 aromatic heterocycles. The molecule has 7 heteroatoms. The Morgan fingerprint density at radius 3 is 1.75 bits per heavy atom. The number of rotatable bonds is 0. The molecule has 0 aromatic rings. The summed E-state index contributed by atoms with van der Waals surface area (Å²) < 4.78 is 6.07. The number of hydrogen-bond donors (Lipinski definition) is 0. The van der Waals surface area contributed by atoms with Gasteiger partial charge in [0.25, 0.3) is 0 Å². The van der Waals surface area contributed by atoms with Gasteiger partial charge in [0.05, 0.1) is 0 Å². The fourth-order valence-corrected chi connectivity index (χ4v) is 0.383. The van der Waals surface area contributed by atoms with E-state index in [9.17, 15) is 4.79 Å². The second kappa shape index (κ2) is 5.05. The first-order chi connectivity index (χ1) is 3.81. The van der Waals surface area contributed by atoms with Gasteiger partial charge >= 0.3 is 61.8 Å². The van der Waals surface area contributed by atoms with Crippen LogP contribution in [0, 0.1) is 0 Å². The van der Waals surface area contributed by atoms with E-state index < -0.39 is 6.03 Å². The van der Waals surface area contributed by atoms with Crippen LogP contribution in [0.15, 0.2) is 18.5 Å². The third-order valence-electron chi connectivity index (χ3n) is 0.253. The monoisotopic (exact) mass is 244 g/mol. The van der Waals surface area contributed by atoms with Crippen molar-refractivity contribution < 1.29 is 4.79 Å². The van der Waals surface area contributed by atoms with E-state index in [0.29, 0.717) is 0 Å². The van der Waals surface area contributed by atoms with Gasteiger partial charge in [0.1, 0.15) is 0 Å². The van der Waals surface area contributed by atoms with Gasteiger partial charge in [-0.05, 0) is 0 Å². The molecule has 0 aliphatic rings. The first-order valence-electron chi connectivity index (χ1n) is 1.42. The van der Waals surface area contributed by atoms with Crippen LogP contribution in [0.4, 0.5) is 4.79 Å². The predicted molar refractivity (Wildman–Crippen MR) is 26.6 cm³/mol. The van der Waals surface area contributed by atoms with Crippen molar-refractivity contribution in [2.24, 2.45) is 18.5 Å². The van der Waals surface area contributed by atoms with E-state index in [-0.39, 0.29) is 0 Å². The van der Waals surface area contributed by atoms with Gasteiger partial charge in [-0.1, -0.05) is 0 Å². The van der Waals surface area contributed by atoms with Crippen LogP contribution >= 0.6 is 0 Å². The molecule has 0 heterocycles. The summed E-state index contributed by atoms with van der Waals surface area (Å²) >= 11 is 4.32. The normalized spacial score (nSPS) is 11.0. The second-order valence-corrected chi connectivity index (χ2v) is 1.33. The molecule has 0 spiro atoms. The Morgan fingerprint density at radius 2 is 1.50 bits per heavy atom. The molecule has 0 unspecified atom stereocenters. The fraction of sp³-hybridized carbons (Fsp3) is 0. The first kappa shape index (κ1) is 7.91. The number of hydrogen-bond acceptors (Lipinski definition) is 3. The predicted octanol–water partition coefficient (Wildman–Crippen LogP) is 0.178. The summed E-state index contributed by atoms with van der Waals surface area (Å²) in [5.74, 6) is 0. The Kier molecular flexibility index (Phi) is 5.00. The summed E-state index contributed by atoms with van der Waals surface area (Å²) in [6.07, 6.45) is 0. The van der Waals surface area contributed by atoms with Crippen LogP contribution < -0.4 is 0 Å². The Hall–Kier alpha value is -0.0910. The van der Waals surface area contributed by atoms with E-state index >= 15 is 0 Å². The summed E-state index contributed by atoms with van der Waals surface area (Å²) in [6.45, 7) is 0. The maximum absolute atomic E-state index is 10.1. The Balaban J connectivity index is 3.66. The van der Waals surface area contributed by atoms with Gasteiger partial charge in [0.2, 0.25) is 0 Å². The van der Waals surface area contributed by atoms with Crippen LogP contribution in [0.5, 0.6) is 0 Å². The molecule has 0 aliphatic carbocycles. The molecular formula is CN4OSe2. The summed E-state index contributed by atoms with van der Waals surface area (Å²) in [5, 5.41) is 5.93. The standard InChI is InChI=1S/CN4OSe2/c6-1(2-4-7)3-5-8/b4-2+,5-3+. The maximum atomic E-state index is 10.1. The molecule has 8 heavy (non-hydrogen) atoms. The van der Waals surface area contributed by atoms with Gasteiger partial charge in [-0.25, -0.2) is 0 Å². The number of amides is 2. The van der Waals surface area contributed by atoms with Gasteiger partial charge in [0, 0.05) is 0 Å². The Bertz CT molecular complexity index is 116. The Labute approximate surface area is 62.1 Å². The van der Waals surface area contributed by atoms with Gasteiger partial charge in [0.15, 0.2) is 0 Å². The average Bonchev–Trinajstić information content (AvgIpc) is 1.68. The van der Waals surface area contributed by atoms with Crippen molar-refractivity contribution in [3.05, 3.63) is 0 Å². The van der Waals surface area contributed by atoms with Crippen molar-refractivity contribution in [1.29, 1.82) is 0 Å². The van der Waals surface area contributed by atoms with E-state index in [0.717, 1.165) is 0 Å². The molecule has 0 bridgehead atoms. The molecule has 0 atom stereocenters. The molecule has 5 nitrogen and oxygen atoms in total. The first-order valence-corrected chi connectivity index (χ1v) is 2.95. The number of nitrogens with zero attached hydrogens (tertiary/aromatic N) is 4. The van der Waals surface area contributed by atoms with E-state index in [1.807, 2.05) is 0 Å². The quantitative estimate of drug-likeness (QED) is 0.441. The van der Waals surface area contributed by atoms with Gasteiger partial charge in [-0.3, -0.25) is 0 Å². The minimum absolute atomic E-state index is 0.734. The van der Waals surface area contributed by atoms with Gasteiger partial charge in [-0.15, -0.1) is 0 Å². The summed E-state index contributed by atoms with van der Waals surface area (Å²) in [7, 11) is 0. The molecule has 2 amide bonds. The van der Waals surface area contributed by atoms with Gasteiger partial charge in [-0.2, -0.15) is 0 Å². The topological polar surface area (TPSA) is 66.5 Å². The molecular weight excluding hydrogens is 242 g/mol. The molecule has 0 N–H and O–H groups in total. The van der Waals surface area contributed by atoms with Crippen molar-refractivity contribution in [2.45, 2.75) is 0 Å². The summed E-state index contributed by atoms with van der Waals surface area (Å²) in [4.78, 5) is 10.1. The molecule has 42 valence electrons. The summed E-state index contributed by atoms with van der Waals surface area (Å²) in [5.41, 5.74) is 0. The second-order valence-electron chi connectivity index (χ2n) is 0.646. The number of carbonyl (C=O) groups excluding carboxylic acids is 1. The molecule has 0 saturated heterocycles. The molecule has 0 saturated carbocycles. The third-order valence-corrected chi connectivity index (χ3v) is 0.595. The van der Waals surface area contributed by atoms with Crippen LogP contribution in [0.3, 0.4) is 0 Å². The van der Waals surface area contributed by atoms with Crippen LogP contribution in [-0.2, 0) is 0 Å². The third kappa shape index (κ3) is 4.08. The van der Waals surface area contributed by atoms with Crippen LogP contribution in [0.1, 0.15) is 0 Å². The van der Waals surface area contributed by atoms with Crippen molar-refractivity contribution in [1.82, 2.24) is 0 Å². The van der Waals surface area contributed by atoms with Crippen molar-refractivity contribution in [2.75, 3.05) is 0 Å². The van der Waals surface area contributed by atoms with E-state index in [2.05, 4.69) is 51.0 Å². The average molecular weight is 242 g/mol. The number of carbonyl (C=O) groups is 1. The molecule has 0 aromatic carbocycles. The van der Waals surface area contributed by atoms with Crippen molar-refractivity contribution in [3.8, 4) is 0 Å². The molecule has 0 fully saturated rings. The van der Waals surface area contributed by atoms with Crippen LogP contribution in [0.2, 0.25) is 0 Å². The van der Waals surface area contributed by atoms with E-state index in [1.54, 1.807) is 0 Å². The van der Waals surface area contributed by atoms with Crippen molar-refractivity contribution >= 4 is 38.5 Å². The summed E-state index contributed by atoms with van der Waals surface area (Å²) in [6, 6.07) is -0.734.